The van der Waals surface area contributed by atoms with Gasteiger partial charge in [0.2, 0.25) is 0 Å². The number of H-pyrrole nitrogens is 1. The Morgan fingerprint density at radius 3 is 2.78 bits per heavy atom. The monoisotopic (exact) mass is 267 g/mol. The van der Waals surface area contributed by atoms with Gasteiger partial charge >= 0.3 is 0 Å². The molecule has 0 saturated heterocycles. The number of hydrogen-bond acceptors (Lipinski definition) is 5. The molecule has 1 aromatic carbocycles. The van der Waals surface area contributed by atoms with Crippen molar-refractivity contribution in [1.82, 2.24) is 15.4 Å². The van der Waals surface area contributed by atoms with E-state index in [1.807, 2.05) is 0 Å². The summed E-state index contributed by atoms with van der Waals surface area (Å²) in [6, 6.07) is 3.91. The number of hydrogen-bond donors (Lipinski definition) is 2. The van der Waals surface area contributed by atoms with Gasteiger partial charge in [-0.1, -0.05) is 11.6 Å². The van der Waals surface area contributed by atoms with Gasteiger partial charge in [0, 0.05) is 11.1 Å². The van der Waals surface area contributed by atoms with E-state index >= 15 is 0 Å². The summed E-state index contributed by atoms with van der Waals surface area (Å²) in [5.74, 6) is -0.840. The second kappa shape index (κ2) is 4.41. The first-order chi connectivity index (χ1) is 8.50. The van der Waals surface area contributed by atoms with Crippen molar-refractivity contribution < 1.29 is 9.72 Å². The van der Waals surface area contributed by atoms with E-state index in [4.69, 9.17) is 17.3 Å². The lowest BCUT2D eigenvalue weighted by atomic mass is 10.1. The third-order valence-electron chi connectivity index (χ3n) is 2.19. The predicted octanol–water partition coefficient (Wildman–Crippen LogP) is 1.13. The van der Waals surface area contributed by atoms with Crippen LogP contribution in [0.15, 0.2) is 18.2 Å². The van der Waals surface area contributed by atoms with Crippen molar-refractivity contribution in [2.24, 2.45) is 5.73 Å². The molecule has 0 aliphatic heterocycles. The molecule has 0 bridgehead atoms. The van der Waals surface area contributed by atoms with Crippen molar-refractivity contribution in [3.63, 3.8) is 0 Å². The number of carbonyl (C=O) groups excluding carboxylic acids is 1. The normalized spacial score (nSPS) is 10.3. The molecule has 0 saturated carbocycles. The summed E-state index contributed by atoms with van der Waals surface area (Å²) in [6.45, 7) is 0. The van der Waals surface area contributed by atoms with Gasteiger partial charge in [-0.3, -0.25) is 14.9 Å². The van der Waals surface area contributed by atoms with E-state index in [1.165, 1.54) is 18.2 Å². The fourth-order valence-corrected chi connectivity index (χ4v) is 1.62. The zero-order valence-electron chi connectivity index (χ0n) is 8.75. The molecule has 18 heavy (non-hydrogen) atoms. The number of nitrogens with zero attached hydrogens (tertiary/aromatic N) is 3. The van der Waals surface area contributed by atoms with Crippen molar-refractivity contribution in [2.45, 2.75) is 0 Å². The number of nitro groups is 1. The fourth-order valence-electron chi connectivity index (χ4n) is 1.45. The largest absolute Gasteiger partial charge is 0.364 e. The molecule has 2 rings (SSSR count). The second-order valence-electron chi connectivity index (χ2n) is 3.30. The lowest BCUT2D eigenvalue weighted by molar-refractivity contribution is -0.384. The summed E-state index contributed by atoms with van der Waals surface area (Å²) < 4.78 is 0. The van der Waals surface area contributed by atoms with Gasteiger partial charge in [0.15, 0.2) is 5.69 Å². The summed E-state index contributed by atoms with van der Waals surface area (Å²) in [5, 5.41) is 20.6. The van der Waals surface area contributed by atoms with E-state index in [9.17, 15) is 14.9 Å². The number of nitrogens with one attached hydrogen (secondary N) is 1. The number of carbonyl (C=O) groups is 1. The molecule has 0 unspecified atom stereocenters. The SMILES string of the molecule is NC(=O)c1n[nH]nc1-c1cc(Cl)ccc1[N+](=O)[O-]. The van der Waals surface area contributed by atoms with Crippen LogP contribution in [-0.4, -0.2) is 26.2 Å². The van der Waals surface area contributed by atoms with E-state index in [0.29, 0.717) is 0 Å². The molecule has 0 aliphatic carbocycles. The van der Waals surface area contributed by atoms with E-state index in [-0.39, 0.29) is 27.7 Å². The molecule has 0 aliphatic rings. The summed E-state index contributed by atoms with van der Waals surface area (Å²) in [6.07, 6.45) is 0. The Balaban J connectivity index is 2.69. The minimum absolute atomic E-state index is 0.00306. The minimum Gasteiger partial charge on any atom is -0.364 e. The minimum atomic E-state index is -0.840. The number of benzene rings is 1. The van der Waals surface area contributed by atoms with Gasteiger partial charge in [0.1, 0.15) is 5.69 Å². The van der Waals surface area contributed by atoms with Gasteiger partial charge in [-0.05, 0) is 12.1 Å². The molecule has 1 heterocycles. The lowest BCUT2D eigenvalue weighted by Crippen LogP contribution is -2.13. The zero-order valence-corrected chi connectivity index (χ0v) is 9.51. The number of rotatable bonds is 3. The van der Waals surface area contributed by atoms with Crippen molar-refractivity contribution in [2.75, 3.05) is 0 Å². The Labute approximate surface area is 105 Å². The lowest BCUT2D eigenvalue weighted by Gasteiger charge is -2.01. The van der Waals surface area contributed by atoms with Gasteiger partial charge in [-0.2, -0.15) is 15.4 Å². The number of amides is 1. The molecule has 0 radical (unpaired) electrons. The van der Waals surface area contributed by atoms with E-state index < -0.39 is 10.8 Å². The Bertz CT molecular complexity index is 639. The maximum Gasteiger partial charge on any atom is 0.279 e. The maximum absolute atomic E-state index is 11.1. The molecule has 0 fully saturated rings. The van der Waals surface area contributed by atoms with E-state index in [2.05, 4.69) is 15.4 Å². The van der Waals surface area contributed by atoms with Crippen LogP contribution in [0.1, 0.15) is 10.5 Å². The maximum atomic E-state index is 11.1. The Morgan fingerprint density at radius 2 is 2.17 bits per heavy atom. The summed E-state index contributed by atoms with van der Waals surface area (Å²) in [4.78, 5) is 21.4. The van der Waals surface area contributed by atoms with Gasteiger partial charge in [0.25, 0.3) is 11.6 Å². The first-order valence-corrected chi connectivity index (χ1v) is 5.03. The molecule has 2 aromatic rings. The van der Waals surface area contributed by atoms with Crippen LogP contribution in [0.4, 0.5) is 5.69 Å². The van der Waals surface area contributed by atoms with Crippen LogP contribution < -0.4 is 5.73 Å². The van der Waals surface area contributed by atoms with Gasteiger partial charge < -0.3 is 5.73 Å². The van der Waals surface area contributed by atoms with Crippen LogP contribution >= 0.6 is 11.6 Å². The Morgan fingerprint density at radius 1 is 1.44 bits per heavy atom. The van der Waals surface area contributed by atoms with Crippen LogP contribution in [0, 0.1) is 10.1 Å². The number of nitrogens with two attached hydrogens (primary N) is 1. The van der Waals surface area contributed by atoms with Crippen molar-refractivity contribution in [1.29, 1.82) is 0 Å². The highest BCUT2D eigenvalue weighted by molar-refractivity contribution is 6.31. The average molecular weight is 268 g/mol. The summed E-state index contributed by atoms with van der Waals surface area (Å²) in [5.41, 5.74) is 4.75. The number of nitro benzene ring substituents is 1. The van der Waals surface area contributed by atoms with Crippen LogP contribution in [0.3, 0.4) is 0 Å². The van der Waals surface area contributed by atoms with E-state index in [0.717, 1.165) is 0 Å². The molecule has 0 spiro atoms. The number of primary amides is 1. The van der Waals surface area contributed by atoms with Gasteiger partial charge in [-0.25, -0.2) is 0 Å². The van der Waals surface area contributed by atoms with Crippen molar-refractivity contribution in [3.05, 3.63) is 39.0 Å². The summed E-state index contributed by atoms with van der Waals surface area (Å²) >= 11 is 5.77. The Kier molecular flexibility index (Phi) is 2.94. The standard InChI is InChI=1S/C9H6ClN5O3/c10-4-1-2-6(15(17)18)5(3-4)7-8(9(11)16)13-14-12-7/h1-3H,(H2,11,16)(H,12,13,14). The topological polar surface area (TPSA) is 128 Å². The predicted molar refractivity (Wildman–Crippen MR) is 62.0 cm³/mol. The molecular weight excluding hydrogens is 262 g/mol. The van der Waals surface area contributed by atoms with Crippen LogP contribution in [0.5, 0.6) is 0 Å². The molecule has 1 amide bonds. The van der Waals surface area contributed by atoms with Gasteiger partial charge in [0.05, 0.1) is 10.5 Å². The third-order valence-corrected chi connectivity index (χ3v) is 2.43. The molecule has 8 nitrogen and oxygen atoms in total. The fraction of sp³-hybridized carbons (Fsp3) is 0. The first-order valence-electron chi connectivity index (χ1n) is 4.65. The van der Waals surface area contributed by atoms with Crippen molar-refractivity contribution in [3.8, 4) is 11.3 Å². The van der Waals surface area contributed by atoms with Crippen LogP contribution in [0.25, 0.3) is 11.3 Å². The van der Waals surface area contributed by atoms with Gasteiger partial charge in [-0.15, -0.1) is 0 Å². The molecule has 1 aromatic heterocycles. The highest BCUT2D eigenvalue weighted by Gasteiger charge is 2.23. The molecular formula is C9H6ClN5O3. The van der Waals surface area contributed by atoms with Crippen molar-refractivity contribution >= 4 is 23.2 Å². The highest BCUT2D eigenvalue weighted by atomic mass is 35.5. The van der Waals surface area contributed by atoms with Crippen LogP contribution in [-0.2, 0) is 0 Å². The van der Waals surface area contributed by atoms with Crippen LogP contribution in [0.2, 0.25) is 5.02 Å². The molecule has 3 N–H and O–H groups in total. The third kappa shape index (κ3) is 2.00. The second-order valence-corrected chi connectivity index (χ2v) is 3.74. The molecule has 9 heteroatoms. The first kappa shape index (κ1) is 12.0. The quantitative estimate of drug-likeness (QED) is 0.636. The Hall–Kier alpha value is -2.48. The average Bonchev–Trinajstić information content (AvgIpc) is 2.77. The smallest absolute Gasteiger partial charge is 0.279 e. The summed E-state index contributed by atoms with van der Waals surface area (Å²) in [7, 11) is 0. The zero-order chi connectivity index (χ0) is 13.3. The number of halogens is 1. The number of aromatic amines is 1. The highest BCUT2D eigenvalue weighted by Crippen LogP contribution is 2.32. The molecule has 92 valence electrons. The number of aromatic nitrogens is 3. The van der Waals surface area contributed by atoms with E-state index in [1.54, 1.807) is 0 Å². The molecule has 0 atom stereocenters.